The van der Waals surface area contributed by atoms with Crippen molar-refractivity contribution >= 4 is 17.9 Å². The molecule has 1 aliphatic heterocycles. The summed E-state index contributed by atoms with van der Waals surface area (Å²) in [5.41, 5.74) is 2.27. The van der Waals surface area contributed by atoms with Crippen LogP contribution in [0.15, 0.2) is 67.5 Å². The molecule has 4 rings (SSSR count). The standard InChI is InChI=1S/C21H24N6S/c1-2-11-26-20(18-7-6-10-22-16-18)23-27(21(26)28)17-24-12-14-25(15-13-24)19-8-4-3-5-9-19/h2-10,16H,1,11-15,17H2/p+1. The fraction of sp³-hybridized carbons (Fsp3) is 0.286. The Morgan fingerprint density at radius 2 is 1.89 bits per heavy atom. The van der Waals surface area contributed by atoms with Crippen LogP contribution >= 0.6 is 12.2 Å². The molecule has 0 aliphatic carbocycles. The van der Waals surface area contributed by atoms with Crippen molar-refractivity contribution in [3.8, 4) is 11.4 Å². The van der Waals surface area contributed by atoms with Gasteiger partial charge in [-0.1, -0.05) is 24.3 Å². The third-order valence-electron chi connectivity index (χ3n) is 5.12. The highest BCUT2D eigenvalue weighted by molar-refractivity contribution is 7.71. The third-order valence-corrected chi connectivity index (χ3v) is 5.55. The van der Waals surface area contributed by atoms with Crippen molar-refractivity contribution in [3.05, 3.63) is 72.3 Å². The zero-order chi connectivity index (χ0) is 19.3. The molecule has 1 aromatic carbocycles. The van der Waals surface area contributed by atoms with E-state index in [4.69, 9.17) is 17.3 Å². The molecule has 3 aromatic rings. The second-order valence-corrected chi connectivity index (χ2v) is 7.34. The first-order chi connectivity index (χ1) is 13.8. The van der Waals surface area contributed by atoms with Crippen LogP contribution in [0.1, 0.15) is 0 Å². The van der Waals surface area contributed by atoms with E-state index in [0.29, 0.717) is 6.54 Å². The topological polar surface area (TPSA) is 43.3 Å². The molecule has 0 radical (unpaired) electrons. The van der Waals surface area contributed by atoms with Gasteiger partial charge in [0.15, 0.2) is 12.5 Å². The molecule has 1 N–H and O–H groups in total. The van der Waals surface area contributed by atoms with Crippen LogP contribution in [0.4, 0.5) is 5.69 Å². The van der Waals surface area contributed by atoms with Gasteiger partial charge in [-0.15, -0.1) is 11.7 Å². The molecule has 0 atom stereocenters. The van der Waals surface area contributed by atoms with Gasteiger partial charge in [-0.25, -0.2) is 0 Å². The molecule has 1 fully saturated rings. The third kappa shape index (κ3) is 3.90. The largest absolute Gasteiger partial charge is 0.360 e. The maximum atomic E-state index is 5.72. The fourth-order valence-corrected chi connectivity index (χ4v) is 3.90. The van der Waals surface area contributed by atoms with Crippen LogP contribution in [-0.4, -0.2) is 45.5 Å². The normalized spacial score (nSPS) is 14.9. The van der Waals surface area contributed by atoms with E-state index in [0.717, 1.165) is 49.0 Å². The highest BCUT2D eigenvalue weighted by atomic mass is 32.1. The minimum Gasteiger partial charge on any atom is -0.360 e. The second-order valence-electron chi connectivity index (χ2n) is 6.98. The highest BCUT2D eigenvalue weighted by Crippen LogP contribution is 2.17. The van der Waals surface area contributed by atoms with Crippen molar-refractivity contribution in [2.75, 3.05) is 31.1 Å². The summed E-state index contributed by atoms with van der Waals surface area (Å²) in [4.78, 5) is 8.16. The lowest BCUT2D eigenvalue weighted by Crippen LogP contribution is -3.14. The number of aromatic nitrogens is 4. The maximum Gasteiger partial charge on any atom is 0.203 e. The SMILES string of the molecule is C=CCn1c(-c2cccnc2)nn(C[NH+]2CCN(c3ccccc3)CC2)c1=S. The first-order valence-corrected chi connectivity index (χ1v) is 9.99. The number of hydrogen-bond donors (Lipinski definition) is 1. The molecular weight excluding hydrogens is 368 g/mol. The quantitative estimate of drug-likeness (QED) is 0.514. The van der Waals surface area contributed by atoms with Gasteiger partial charge in [0.05, 0.1) is 26.2 Å². The molecule has 28 heavy (non-hydrogen) atoms. The van der Waals surface area contributed by atoms with E-state index in [1.165, 1.54) is 10.6 Å². The number of benzene rings is 1. The minimum absolute atomic E-state index is 0.639. The van der Waals surface area contributed by atoms with E-state index in [-0.39, 0.29) is 0 Å². The van der Waals surface area contributed by atoms with Crippen LogP contribution in [0.5, 0.6) is 0 Å². The van der Waals surface area contributed by atoms with Gasteiger partial charge in [-0.3, -0.25) is 9.55 Å². The van der Waals surface area contributed by atoms with E-state index < -0.39 is 0 Å². The summed E-state index contributed by atoms with van der Waals surface area (Å²) in [6, 6.07) is 14.5. The number of quaternary nitrogens is 1. The Balaban J connectivity index is 1.50. The second kappa shape index (κ2) is 8.50. The molecule has 1 aliphatic rings. The van der Waals surface area contributed by atoms with Crippen molar-refractivity contribution in [3.63, 3.8) is 0 Å². The molecule has 1 saturated heterocycles. The number of nitrogens with one attached hydrogen (secondary N) is 1. The van der Waals surface area contributed by atoms with E-state index >= 15 is 0 Å². The van der Waals surface area contributed by atoms with Gasteiger partial charge in [0.1, 0.15) is 0 Å². The Morgan fingerprint density at radius 3 is 2.57 bits per heavy atom. The minimum atomic E-state index is 0.639. The number of para-hydroxylation sites is 1. The molecule has 2 aromatic heterocycles. The zero-order valence-electron chi connectivity index (χ0n) is 15.9. The predicted molar refractivity (Wildman–Crippen MR) is 114 cm³/mol. The summed E-state index contributed by atoms with van der Waals surface area (Å²) in [5, 5.41) is 4.82. The average molecular weight is 394 g/mol. The van der Waals surface area contributed by atoms with E-state index in [2.05, 4.69) is 46.8 Å². The monoisotopic (exact) mass is 393 g/mol. The van der Waals surface area contributed by atoms with Crippen LogP contribution < -0.4 is 9.80 Å². The number of pyridine rings is 1. The van der Waals surface area contributed by atoms with Crippen molar-refractivity contribution in [2.24, 2.45) is 0 Å². The number of piperazine rings is 1. The summed E-state index contributed by atoms with van der Waals surface area (Å²) in [6.45, 7) is 9.48. The summed E-state index contributed by atoms with van der Waals surface area (Å²) in [5.74, 6) is 0.848. The zero-order valence-corrected chi connectivity index (χ0v) is 16.7. The van der Waals surface area contributed by atoms with E-state index in [1.54, 1.807) is 6.20 Å². The molecule has 0 spiro atoms. The van der Waals surface area contributed by atoms with Gasteiger partial charge in [-0.2, -0.15) is 4.68 Å². The lowest BCUT2D eigenvalue weighted by molar-refractivity contribution is -0.924. The molecule has 0 amide bonds. The smallest absolute Gasteiger partial charge is 0.203 e. The van der Waals surface area contributed by atoms with Crippen LogP contribution in [0.3, 0.4) is 0 Å². The lowest BCUT2D eigenvalue weighted by atomic mass is 10.2. The van der Waals surface area contributed by atoms with Gasteiger partial charge in [-0.05, 0) is 36.5 Å². The van der Waals surface area contributed by atoms with Crippen molar-refractivity contribution < 1.29 is 4.90 Å². The van der Waals surface area contributed by atoms with Gasteiger partial charge < -0.3 is 9.80 Å². The fourth-order valence-electron chi connectivity index (χ4n) is 3.64. The van der Waals surface area contributed by atoms with Crippen LogP contribution in [0, 0.1) is 4.77 Å². The molecule has 6 nitrogen and oxygen atoms in total. The predicted octanol–water partition coefficient (Wildman–Crippen LogP) is 2.02. The maximum absolute atomic E-state index is 5.72. The molecule has 0 bridgehead atoms. The molecular formula is C21H25N6S+. The van der Waals surface area contributed by atoms with Crippen LogP contribution in [-0.2, 0) is 13.2 Å². The number of hydrogen-bond acceptors (Lipinski definition) is 4. The Morgan fingerprint density at radius 1 is 1.11 bits per heavy atom. The van der Waals surface area contributed by atoms with Crippen molar-refractivity contribution in [1.82, 2.24) is 19.3 Å². The Hall–Kier alpha value is -2.77. The Bertz CT molecular complexity index is 971. The van der Waals surface area contributed by atoms with E-state index in [1.807, 2.05) is 33.7 Å². The molecule has 3 heterocycles. The summed E-state index contributed by atoms with van der Waals surface area (Å²) >= 11 is 5.72. The van der Waals surface area contributed by atoms with Crippen LogP contribution in [0.2, 0.25) is 0 Å². The van der Waals surface area contributed by atoms with Crippen molar-refractivity contribution in [1.29, 1.82) is 0 Å². The molecule has 7 heteroatoms. The first kappa shape index (κ1) is 18.6. The number of allylic oxidation sites excluding steroid dienone is 1. The summed E-state index contributed by atoms with van der Waals surface area (Å²) < 4.78 is 4.71. The average Bonchev–Trinajstić information content (AvgIpc) is 3.06. The molecule has 144 valence electrons. The first-order valence-electron chi connectivity index (χ1n) is 9.59. The van der Waals surface area contributed by atoms with Crippen LogP contribution in [0.25, 0.3) is 11.4 Å². The lowest BCUT2D eigenvalue weighted by Gasteiger charge is -2.33. The highest BCUT2D eigenvalue weighted by Gasteiger charge is 2.22. The Labute approximate surface area is 170 Å². The van der Waals surface area contributed by atoms with Gasteiger partial charge in [0.25, 0.3) is 0 Å². The van der Waals surface area contributed by atoms with Gasteiger partial charge in [0.2, 0.25) is 4.77 Å². The molecule has 0 unspecified atom stereocenters. The van der Waals surface area contributed by atoms with Gasteiger partial charge in [0, 0.05) is 30.2 Å². The summed E-state index contributed by atoms with van der Waals surface area (Å²) in [6.07, 6.45) is 5.45. The van der Waals surface area contributed by atoms with Gasteiger partial charge >= 0.3 is 0 Å². The number of anilines is 1. The molecule has 0 saturated carbocycles. The number of nitrogens with zero attached hydrogens (tertiary/aromatic N) is 5. The summed E-state index contributed by atoms with van der Waals surface area (Å²) in [7, 11) is 0. The number of rotatable bonds is 6. The Kier molecular flexibility index (Phi) is 5.64. The van der Waals surface area contributed by atoms with E-state index in [9.17, 15) is 0 Å². The van der Waals surface area contributed by atoms with Crippen molar-refractivity contribution in [2.45, 2.75) is 13.2 Å².